The summed E-state index contributed by atoms with van der Waals surface area (Å²) in [6.07, 6.45) is 0. The van der Waals surface area contributed by atoms with E-state index >= 15 is 0 Å². The third-order valence-electron chi connectivity index (χ3n) is 3.17. The summed E-state index contributed by atoms with van der Waals surface area (Å²) in [5, 5.41) is 4.58. The van der Waals surface area contributed by atoms with Crippen molar-refractivity contribution in [3.8, 4) is 0 Å². The lowest BCUT2D eigenvalue weighted by molar-refractivity contribution is 0.0588. The van der Waals surface area contributed by atoms with Crippen LogP contribution < -0.4 is 4.72 Å². The van der Waals surface area contributed by atoms with Crippen LogP contribution in [0, 0.1) is 6.92 Å². The van der Waals surface area contributed by atoms with Crippen molar-refractivity contribution < 1.29 is 17.9 Å². The molecule has 1 aromatic heterocycles. The van der Waals surface area contributed by atoms with Gasteiger partial charge in [0.1, 0.15) is 5.69 Å². The zero-order valence-corrected chi connectivity index (χ0v) is 14.4. The highest BCUT2D eigenvalue weighted by Gasteiger charge is 2.26. The van der Waals surface area contributed by atoms with Crippen LogP contribution in [0.5, 0.6) is 0 Å². The van der Waals surface area contributed by atoms with Gasteiger partial charge >= 0.3 is 5.97 Å². The largest absolute Gasteiger partial charge is 0.464 e. The second-order valence-corrected chi connectivity index (χ2v) is 6.79. The second-order valence-electron chi connectivity index (χ2n) is 4.68. The number of methoxy groups -OCH3 is 1. The molecule has 0 fully saturated rings. The molecule has 2 aromatic rings. The highest BCUT2D eigenvalue weighted by molar-refractivity contribution is 7.92. The smallest absolute Gasteiger partial charge is 0.358 e. The molecule has 0 amide bonds. The van der Waals surface area contributed by atoms with Gasteiger partial charge in [0.2, 0.25) is 0 Å². The molecule has 0 bridgehead atoms. The first-order valence-corrected chi connectivity index (χ1v) is 8.60. The molecule has 124 valence electrons. The zero-order valence-electron chi connectivity index (χ0n) is 12.8. The topological polar surface area (TPSA) is 90.3 Å². The number of halogens is 1. The minimum atomic E-state index is -3.88. The van der Waals surface area contributed by atoms with Crippen LogP contribution in [0.25, 0.3) is 0 Å². The Morgan fingerprint density at radius 1 is 1.35 bits per heavy atom. The quantitative estimate of drug-likeness (QED) is 0.830. The van der Waals surface area contributed by atoms with E-state index in [1.807, 2.05) is 0 Å². The van der Waals surface area contributed by atoms with Crippen LogP contribution in [0.3, 0.4) is 0 Å². The summed E-state index contributed by atoms with van der Waals surface area (Å²) >= 11 is 5.77. The number of hydrogen-bond donors (Lipinski definition) is 1. The lowest BCUT2D eigenvalue weighted by atomic mass is 10.3. The zero-order chi connectivity index (χ0) is 17.2. The number of carbonyl (C=O) groups is 1. The van der Waals surface area contributed by atoms with Crippen LogP contribution in [0.15, 0.2) is 29.2 Å². The van der Waals surface area contributed by atoms with Crippen molar-refractivity contribution in [2.75, 3.05) is 11.8 Å². The van der Waals surface area contributed by atoms with Gasteiger partial charge in [0.15, 0.2) is 5.69 Å². The van der Waals surface area contributed by atoms with E-state index in [1.54, 1.807) is 13.8 Å². The van der Waals surface area contributed by atoms with Crippen LogP contribution in [0.1, 0.15) is 23.1 Å². The molecule has 0 aliphatic carbocycles. The maximum atomic E-state index is 12.5. The van der Waals surface area contributed by atoms with Crippen LogP contribution in [-0.2, 0) is 21.3 Å². The minimum Gasteiger partial charge on any atom is -0.464 e. The standard InChI is InChI=1S/C14H16ClN3O4S/c1-4-18-13(14(19)22-3)12(9(2)16-18)17-23(20,21)11-7-5-10(15)6-8-11/h5-8,17H,4H2,1-3H3. The van der Waals surface area contributed by atoms with Crippen molar-refractivity contribution in [2.45, 2.75) is 25.3 Å². The molecular formula is C14H16ClN3O4S. The van der Waals surface area contributed by atoms with Crippen molar-refractivity contribution in [2.24, 2.45) is 0 Å². The fourth-order valence-corrected chi connectivity index (χ4v) is 3.29. The molecule has 0 atom stereocenters. The summed E-state index contributed by atoms with van der Waals surface area (Å²) in [5.74, 6) is -0.666. The number of aryl methyl sites for hydroxylation is 2. The molecule has 1 heterocycles. The number of nitrogens with zero attached hydrogens (tertiary/aromatic N) is 2. The number of esters is 1. The van der Waals surface area contributed by atoms with Crippen LogP contribution in [-0.4, -0.2) is 31.3 Å². The normalized spacial score (nSPS) is 11.3. The van der Waals surface area contributed by atoms with Crippen molar-refractivity contribution in [1.82, 2.24) is 9.78 Å². The molecule has 9 heteroatoms. The highest BCUT2D eigenvalue weighted by atomic mass is 35.5. The van der Waals surface area contributed by atoms with E-state index < -0.39 is 16.0 Å². The average Bonchev–Trinajstić information content (AvgIpc) is 2.82. The number of nitrogens with one attached hydrogen (secondary N) is 1. The van der Waals surface area contributed by atoms with Crippen molar-refractivity contribution in [1.29, 1.82) is 0 Å². The molecule has 0 saturated carbocycles. The molecule has 0 aliphatic heterocycles. The molecule has 23 heavy (non-hydrogen) atoms. The average molecular weight is 358 g/mol. The van der Waals surface area contributed by atoms with Crippen LogP contribution in [0.2, 0.25) is 5.02 Å². The van der Waals surface area contributed by atoms with E-state index in [4.69, 9.17) is 16.3 Å². The summed E-state index contributed by atoms with van der Waals surface area (Å²) in [7, 11) is -2.66. The predicted molar refractivity (Wildman–Crippen MR) is 86.2 cm³/mol. The SMILES string of the molecule is CCn1nc(C)c(NS(=O)(=O)c2ccc(Cl)cc2)c1C(=O)OC. The highest BCUT2D eigenvalue weighted by Crippen LogP contribution is 2.25. The molecule has 0 saturated heterocycles. The minimum absolute atomic E-state index is 0.0290. The first-order chi connectivity index (χ1) is 10.8. The van der Waals surface area contributed by atoms with Crippen molar-refractivity contribution in [3.05, 3.63) is 40.7 Å². The van der Waals surface area contributed by atoms with Crippen molar-refractivity contribution >= 4 is 33.3 Å². The van der Waals surface area contributed by atoms with Gasteiger partial charge in [-0.05, 0) is 38.1 Å². The molecular weight excluding hydrogens is 342 g/mol. The lowest BCUT2D eigenvalue weighted by Crippen LogP contribution is -2.18. The molecule has 7 nitrogen and oxygen atoms in total. The van der Waals surface area contributed by atoms with Gasteiger partial charge < -0.3 is 4.74 Å². The number of ether oxygens (including phenoxy) is 1. The molecule has 0 aliphatic rings. The Hall–Kier alpha value is -2.06. The molecule has 1 aromatic carbocycles. The fourth-order valence-electron chi connectivity index (χ4n) is 2.04. The van der Waals surface area contributed by atoms with Gasteiger partial charge in [0.05, 0.1) is 17.7 Å². The Morgan fingerprint density at radius 3 is 2.48 bits per heavy atom. The Bertz CT molecular complexity index is 828. The van der Waals surface area contributed by atoms with Gasteiger partial charge in [-0.2, -0.15) is 5.10 Å². The third-order valence-corrected chi connectivity index (χ3v) is 4.78. The first kappa shape index (κ1) is 17.3. The van der Waals surface area contributed by atoms with Gasteiger partial charge in [-0.25, -0.2) is 13.2 Å². The molecule has 0 unspecified atom stereocenters. The number of rotatable bonds is 5. The summed E-state index contributed by atoms with van der Waals surface area (Å²) in [6.45, 7) is 3.79. The van der Waals surface area contributed by atoms with Gasteiger partial charge in [0.25, 0.3) is 10.0 Å². The summed E-state index contributed by atoms with van der Waals surface area (Å²) in [6, 6.07) is 5.70. The van der Waals surface area contributed by atoms with Gasteiger partial charge in [-0.1, -0.05) is 11.6 Å². The Balaban J connectivity index is 2.49. The maximum absolute atomic E-state index is 12.5. The summed E-state index contributed by atoms with van der Waals surface area (Å²) < 4.78 is 33.5. The Labute approximate surface area is 139 Å². The number of hydrogen-bond acceptors (Lipinski definition) is 5. The van der Waals surface area contributed by atoms with E-state index in [0.29, 0.717) is 17.3 Å². The van der Waals surface area contributed by atoms with E-state index in [0.717, 1.165) is 0 Å². The summed E-state index contributed by atoms with van der Waals surface area (Å²) in [5.41, 5.74) is 0.545. The molecule has 0 spiro atoms. The van der Waals surface area contributed by atoms with Crippen LogP contribution in [0.4, 0.5) is 5.69 Å². The molecule has 2 rings (SSSR count). The number of carbonyl (C=O) groups excluding carboxylic acids is 1. The molecule has 1 N–H and O–H groups in total. The molecule has 0 radical (unpaired) electrons. The lowest BCUT2D eigenvalue weighted by Gasteiger charge is -2.10. The Kier molecular flexibility index (Phi) is 4.96. The van der Waals surface area contributed by atoms with E-state index in [-0.39, 0.29) is 16.3 Å². The van der Waals surface area contributed by atoms with Gasteiger partial charge in [0, 0.05) is 11.6 Å². The predicted octanol–water partition coefficient (Wildman–Crippen LogP) is 2.45. The maximum Gasteiger partial charge on any atom is 0.358 e. The monoisotopic (exact) mass is 357 g/mol. The second kappa shape index (κ2) is 6.59. The number of anilines is 1. The summed E-state index contributed by atoms with van der Waals surface area (Å²) in [4.78, 5) is 12.0. The van der Waals surface area contributed by atoms with Gasteiger partial charge in [-0.3, -0.25) is 9.40 Å². The van der Waals surface area contributed by atoms with Crippen molar-refractivity contribution in [3.63, 3.8) is 0 Å². The third kappa shape index (κ3) is 3.48. The first-order valence-electron chi connectivity index (χ1n) is 6.74. The number of aromatic nitrogens is 2. The van der Waals surface area contributed by atoms with E-state index in [9.17, 15) is 13.2 Å². The number of benzene rings is 1. The van der Waals surface area contributed by atoms with E-state index in [2.05, 4.69) is 9.82 Å². The fraction of sp³-hybridized carbons (Fsp3) is 0.286. The number of sulfonamides is 1. The van der Waals surface area contributed by atoms with Crippen LogP contribution >= 0.6 is 11.6 Å². The van der Waals surface area contributed by atoms with Gasteiger partial charge in [-0.15, -0.1) is 0 Å². The Morgan fingerprint density at radius 2 is 1.96 bits per heavy atom. The van der Waals surface area contributed by atoms with E-state index in [1.165, 1.54) is 36.1 Å².